The maximum atomic E-state index is 10.7. The number of amides is 1. The number of rotatable bonds is 2. The molecule has 0 aliphatic heterocycles. The van der Waals surface area contributed by atoms with Crippen molar-refractivity contribution in [1.82, 2.24) is 0 Å². The van der Waals surface area contributed by atoms with Gasteiger partial charge in [-0.3, -0.25) is 0 Å². The summed E-state index contributed by atoms with van der Waals surface area (Å²) in [6.45, 7) is 0. The molecule has 0 heterocycles. The van der Waals surface area contributed by atoms with Crippen LogP contribution in [0.15, 0.2) is 18.2 Å². The fraction of sp³-hybridized carbons (Fsp3) is 0. The Morgan fingerprint density at radius 2 is 2.08 bits per heavy atom. The summed E-state index contributed by atoms with van der Waals surface area (Å²) in [4.78, 5) is 10.7. The van der Waals surface area contributed by atoms with Gasteiger partial charge in [0.05, 0.1) is 0 Å². The van der Waals surface area contributed by atoms with Crippen molar-refractivity contribution in [2.45, 2.75) is 0 Å². The number of anilines is 1. The van der Waals surface area contributed by atoms with E-state index in [9.17, 15) is 8.53 Å². The van der Waals surface area contributed by atoms with Gasteiger partial charge in [-0.05, 0) is 0 Å². The topological polar surface area (TPSA) is 86.2 Å². The van der Waals surface area contributed by atoms with Crippen LogP contribution >= 0.6 is 0 Å². The summed E-state index contributed by atoms with van der Waals surface area (Å²) < 4.78 is 11.1. The molecule has 1 amide bonds. The summed E-state index contributed by atoms with van der Waals surface area (Å²) in [5.41, 5.74) is 11.0. The van der Waals surface area contributed by atoms with Crippen LogP contribution in [0.1, 0.15) is 10.4 Å². The van der Waals surface area contributed by atoms with Gasteiger partial charge in [-0.25, -0.2) is 0 Å². The first-order chi connectivity index (χ1) is 5.65. The SMILES string of the molecule is NC(=O)c1ccc([As]=O)cc1N. The van der Waals surface area contributed by atoms with Crippen molar-refractivity contribution >= 4 is 31.6 Å². The second kappa shape index (κ2) is 3.50. The van der Waals surface area contributed by atoms with Crippen molar-refractivity contribution in [3.8, 4) is 0 Å². The van der Waals surface area contributed by atoms with Crippen molar-refractivity contribution in [3.63, 3.8) is 0 Å². The minimum absolute atomic E-state index is 0.272. The maximum absolute atomic E-state index is 10.7. The molecule has 5 heteroatoms. The van der Waals surface area contributed by atoms with Crippen LogP contribution < -0.4 is 15.8 Å². The molecular formula is C7H7AsN2O2. The molecule has 0 atom stereocenters. The average Bonchev–Trinajstić information content (AvgIpc) is 2.03. The Morgan fingerprint density at radius 3 is 2.50 bits per heavy atom. The fourth-order valence-electron chi connectivity index (χ4n) is 0.831. The molecule has 0 fully saturated rings. The predicted molar refractivity (Wildman–Crippen MR) is 45.4 cm³/mol. The molecule has 0 aromatic heterocycles. The molecule has 1 aromatic rings. The number of hydrogen-bond acceptors (Lipinski definition) is 3. The Kier molecular flexibility index (Phi) is 2.61. The molecule has 0 aliphatic carbocycles. The second-order valence-corrected chi connectivity index (χ2v) is 3.69. The molecule has 0 aliphatic rings. The van der Waals surface area contributed by atoms with E-state index < -0.39 is 21.6 Å². The number of carbonyl (C=O) groups excluding carboxylic acids is 1. The summed E-state index contributed by atoms with van der Waals surface area (Å²) in [7, 11) is 0. The third kappa shape index (κ3) is 1.71. The van der Waals surface area contributed by atoms with E-state index in [0.717, 1.165) is 0 Å². The van der Waals surface area contributed by atoms with Crippen LogP contribution in [0.2, 0.25) is 0 Å². The fourth-order valence-corrected chi connectivity index (χ4v) is 1.52. The van der Waals surface area contributed by atoms with Crippen LogP contribution in [0.25, 0.3) is 0 Å². The summed E-state index contributed by atoms with van der Waals surface area (Å²) in [6, 6.07) is 4.58. The molecule has 1 rings (SSSR count). The van der Waals surface area contributed by atoms with Crippen molar-refractivity contribution in [2.24, 2.45) is 5.73 Å². The zero-order valence-electron chi connectivity index (χ0n) is 6.15. The summed E-state index contributed by atoms with van der Waals surface area (Å²) >= 11 is -1.09. The Bertz CT molecular complexity index is 338. The average molecular weight is 226 g/mol. The van der Waals surface area contributed by atoms with E-state index >= 15 is 0 Å². The van der Waals surface area contributed by atoms with Gasteiger partial charge in [0.25, 0.3) is 0 Å². The zero-order valence-corrected chi connectivity index (χ0v) is 8.03. The molecule has 1 aromatic carbocycles. The third-order valence-corrected chi connectivity index (χ3v) is 2.43. The molecule has 62 valence electrons. The van der Waals surface area contributed by atoms with Crippen molar-refractivity contribution in [1.29, 1.82) is 0 Å². The standard InChI is InChI=1S/C7H7AsN2O2/c9-6-3-4(8-12)1-2-5(6)7(10)11/h1-3H,9H2,(H2,10,11). The number of carbonyl (C=O) groups is 1. The summed E-state index contributed by atoms with van der Waals surface area (Å²) in [6.07, 6.45) is 0. The van der Waals surface area contributed by atoms with E-state index in [1.807, 2.05) is 0 Å². The molecule has 12 heavy (non-hydrogen) atoms. The predicted octanol–water partition coefficient (Wildman–Crippen LogP) is -0.957. The molecule has 4 N–H and O–H groups in total. The minimum atomic E-state index is -1.09. The summed E-state index contributed by atoms with van der Waals surface area (Å²) in [5.74, 6) is -0.568. The first-order valence-corrected chi connectivity index (χ1v) is 4.88. The molecule has 0 bridgehead atoms. The van der Waals surface area contributed by atoms with Crippen molar-refractivity contribution in [2.75, 3.05) is 5.73 Å². The number of hydrogen-bond donors (Lipinski definition) is 2. The van der Waals surface area contributed by atoms with E-state index in [4.69, 9.17) is 11.5 Å². The molecule has 0 radical (unpaired) electrons. The van der Waals surface area contributed by atoms with Crippen LogP contribution in [0, 0.1) is 0 Å². The van der Waals surface area contributed by atoms with E-state index in [-0.39, 0.29) is 11.3 Å². The third-order valence-electron chi connectivity index (χ3n) is 1.41. The second-order valence-electron chi connectivity index (χ2n) is 2.23. The molecule has 0 saturated carbocycles. The Balaban J connectivity index is 3.20. The van der Waals surface area contributed by atoms with Crippen LogP contribution in [-0.4, -0.2) is 21.6 Å². The number of nitrogen functional groups attached to an aromatic ring is 1. The molecule has 0 saturated heterocycles. The van der Waals surface area contributed by atoms with E-state index in [1.165, 1.54) is 12.1 Å². The van der Waals surface area contributed by atoms with Crippen LogP contribution in [0.5, 0.6) is 0 Å². The van der Waals surface area contributed by atoms with Crippen molar-refractivity contribution < 1.29 is 8.53 Å². The van der Waals surface area contributed by atoms with E-state index in [2.05, 4.69) is 0 Å². The first-order valence-electron chi connectivity index (χ1n) is 3.18. The van der Waals surface area contributed by atoms with Gasteiger partial charge in [-0.1, -0.05) is 0 Å². The van der Waals surface area contributed by atoms with Gasteiger partial charge in [0.2, 0.25) is 0 Å². The number of nitrogens with two attached hydrogens (primary N) is 2. The van der Waals surface area contributed by atoms with E-state index in [0.29, 0.717) is 4.35 Å². The Hall–Kier alpha value is -1.15. The quantitative estimate of drug-likeness (QED) is 0.503. The first kappa shape index (κ1) is 8.94. The molecule has 0 spiro atoms. The zero-order chi connectivity index (χ0) is 9.14. The van der Waals surface area contributed by atoms with E-state index in [1.54, 1.807) is 6.07 Å². The van der Waals surface area contributed by atoms with Gasteiger partial charge in [0, 0.05) is 0 Å². The Labute approximate surface area is 75.8 Å². The van der Waals surface area contributed by atoms with Gasteiger partial charge in [-0.15, -0.1) is 0 Å². The Morgan fingerprint density at radius 1 is 1.42 bits per heavy atom. The van der Waals surface area contributed by atoms with Gasteiger partial charge in [0.1, 0.15) is 0 Å². The van der Waals surface area contributed by atoms with Gasteiger partial charge >= 0.3 is 75.4 Å². The normalized spacial score (nSPS) is 10.0. The molecular weight excluding hydrogens is 219 g/mol. The van der Waals surface area contributed by atoms with Crippen LogP contribution in [0.4, 0.5) is 5.69 Å². The number of primary amides is 1. The van der Waals surface area contributed by atoms with Crippen LogP contribution in [0.3, 0.4) is 0 Å². The van der Waals surface area contributed by atoms with Crippen LogP contribution in [-0.2, 0) is 3.74 Å². The van der Waals surface area contributed by atoms with Gasteiger partial charge in [-0.2, -0.15) is 0 Å². The summed E-state index contributed by atoms with van der Waals surface area (Å²) in [5, 5.41) is 0. The van der Waals surface area contributed by atoms with Gasteiger partial charge < -0.3 is 0 Å². The van der Waals surface area contributed by atoms with Gasteiger partial charge in [0.15, 0.2) is 0 Å². The molecule has 0 unspecified atom stereocenters. The molecule has 4 nitrogen and oxygen atoms in total. The van der Waals surface area contributed by atoms with Crippen molar-refractivity contribution in [3.05, 3.63) is 23.8 Å². The monoisotopic (exact) mass is 226 g/mol. The number of benzene rings is 1.